The Morgan fingerprint density at radius 2 is 1.64 bits per heavy atom. The molecule has 138 valence electrons. The highest BCUT2D eigenvalue weighted by Gasteiger charge is 2.52. The van der Waals surface area contributed by atoms with E-state index >= 15 is 0 Å². The standard InChI is InChI=1S/C20H31N3O2/c24-18(17-4-2-6-23(17)19(25)16-3-1-5-21-16)22-20-10-13-7-14(11-20)9-15(8-13)12-20/h13-17,21H,1-12H2,(H,22,24). The van der Waals surface area contributed by atoms with Gasteiger partial charge in [-0.25, -0.2) is 0 Å². The number of amides is 2. The Morgan fingerprint density at radius 1 is 0.960 bits per heavy atom. The van der Waals surface area contributed by atoms with Crippen molar-refractivity contribution in [2.45, 2.75) is 81.8 Å². The van der Waals surface area contributed by atoms with Crippen LogP contribution in [0.4, 0.5) is 0 Å². The van der Waals surface area contributed by atoms with Crippen molar-refractivity contribution in [1.29, 1.82) is 0 Å². The molecule has 5 nitrogen and oxygen atoms in total. The molecule has 2 atom stereocenters. The number of nitrogens with zero attached hydrogens (tertiary/aromatic N) is 1. The van der Waals surface area contributed by atoms with Crippen LogP contribution >= 0.6 is 0 Å². The summed E-state index contributed by atoms with van der Waals surface area (Å²) in [6.07, 6.45) is 11.4. The van der Waals surface area contributed by atoms with E-state index in [1.807, 2.05) is 4.90 Å². The minimum Gasteiger partial charge on any atom is -0.349 e. The van der Waals surface area contributed by atoms with Gasteiger partial charge in [-0.2, -0.15) is 0 Å². The highest BCUT2D eigenvalue weighted by molar-refractivity contribution is 5.90. The quantitative estimate of drug-likeness (QED) is 0.820. The topological polar surface area (TPSA) is 61.4 Å². The van der Waals surface area contributed by atoms with Crippen LogP contribution in [0.3, 0.4) is 0 Å². The zero-order chi connectivity index (χ0) is 17.0. The van der Waals surface area contributed by atoms with Gasteiger partial charge in [-0.3, -0.25) is 9.59 Å². The molecule has 2 amide bonds. The van der Waals surface area contributed by atoms with E-state index in [4.69, 9.17) is 0 Å². The molecule has 6 rings (SSSR count). The third-order valence-electron chi connectivity index (χ3n) is 7.62. The maximum atomic E-state index is 13.1. The molecule has 2 N–H and O–H groups in total. The van der Waals surface area contributed by atoms with Gasteiger partial charge < -0.3 is 15.5 Å². The largest absolute Gasteiger partial charge is 0.349 e. The molecule has 5 heteroatoms. The number of hydrogen-bond acceptors (Lipinski definition) is 3. The molecule has 0 aromatic heterocycles. The van der Waals surface area contributed by atoms with E-state index in [1.54, 1.807) is 0 Å². The van der Waals surface area contributed by atoms with E-state index in [9.17, 15) is 9.59 Å². The molecule has 4 saturated carbocycles. The third kappa shape index (κ3) is 2.79. The second kappa shape index (κ2) is 5.97. The average Bonchev–Trinajstić information content (AvgIpc) is 3.24. The number of rotatable bonds is 3. The molecule has 2 saturated heterocycles. The predicted molar refractivity (Wildman–Crippen MR) is 94.8 cm³/mol. The Labute approximate surface area is 150 Å². The van der Waals surface area contributed by atoms with Crippen LogP contribution in [0.1, 0.15) is 64.2 Å². The summed E-state index contributed by atoms with van der Waals surface area (Å²) in [4.78, 5) is 27.8. The summed E-state index contributed by atoms with van der Waals surface area (Å²) in [7, 11) is 0. The molecule has 2 aliphatic heterocycles. The van der Waals surface area contributed by atoms with Crippen molar-refractivity contribution in [1.82, 2.24) is 15.5 Å². The number of carbonyl (C=O) groups is 2. The van der Waals surface area contributed by atoms with Crippen LogP contribution in [0.15, 0.2) is 0 Å². The molecule has 6 aliphatic rings. The fourth-order valence-corrected chi connectivity index (χ4v) is 7.01. The molecule has 0 aromatic carbocycles. The molecule has 6 fully saturated rings. The lowest BCUT2D eigenvalue weighted by Crippen LogP contribution is -2.62. The molecule has 2 heterocycles. The van der Waals surface area contributed by atoms with Crippen LogP contribution in [0.5, 0.6) is 0 Å². The molecule has 25 heavy (non-hydrogen) atoms. The first-order chi connectivity index (χ1) is 12.1. The Bertz CT molecular complexity index is 534. The first-order valence-corrected chi connectivity index (χ1v) is 10.5. The summed E-state index contributed by atoms with van der Waals surface area (Å²) in [5.41, 5.74) is 0.0503. The van der Waals surface area contributed by atoms with Crippen molar-refractivity contribution < 1.29 is 9.59 Å². The van der Waals surface area contributed by atoms with Gasteiger partial charge in [0.25, 0.3) is 0 Å². The van der Waals surface area contributed by atoms with E-state index in [2.05, 4.69) is 10.6 Å². The third-order valence-corrected chi connectivity index (χ3v) is 7.62. The van der Waals surface area contributed by atoms with Crippen LogP contribution in [0, 0.1) is 17.8 Å². The van der Waals surface area contributed by atoms with Crippen LogP contribution in [0.2, 0.25) is 0 Å². The van der Waals surface area contributed by atoms with Gasteiger partial charge in [0.05, 0.1) is 6.04 Å². The van der Waals surface area contributed by atoms with E-state index in [0.29, 0.717) is 0 Å². The molecule has 0 spiro atoms. The number of likely N-dealkylation sites (tertiary alicyclic amines) is 1. The zero-order valence-corrected chi connectivity index (χ0v) is 15.1. The molecule has 4 aliphatic carbocycles. The lowest BCUT2D eigenvalue weighted by Gasteiger charge is -2.57. The SMILES string of the molecule is O=C(NC12CC3CC(CC(C3)C1)C2)C1CCCN1C(=O)C1CCCN1. The zero-order valence-electron chi connectivity index (χ0n) is 15.1. The minimum atomic E-state index is -0.233. The van der Waals surface area contributed by atoms with Crippen molar-refractivity contribution in [2.75, 3.05) is 13.1 Å². The van der Waals surface area contributed by atoms with E-state index in [-0.39, 0.29) is 29.4 Å². The van der Waals surface area contributed by atoms with Crippen LogP contribution in [-0.2, 0) is 9.59 Å². The van der Waals surface area contributed by atoms with Crippen molar-refractivity contribution in [2.24, 2.45) is 17.8 Å². The maximum Gasteiger partial charge on any atom is 0.243 e. The highest BCUT2D eigenvalue weighted by atomic mass is 16.2. The van der Waals surface area contributed by atoms with Gasteiger partial charge in [-0.15, -0.1) is 0 Å². The fourth-order valence-electron chi connectivity index (χ4n) is 7.01. The minimum absolute atomic E-state index is 0.0503. The Hall–Kier alpha value is -1.10. The van der Waals surface area contributed by atoms with Gasteiger partial charge >= 0.3 is 0 Å². The smallest absolute Gasteiger partial charge is 0.243 e. The normalized spacial score (nSPS) is 45.1. The van der Waals surface area contributed by atoms with Crippen LogP contribution in [-0.4, -0.2) is 47.4 Å². The van der Waals surface area contributed by atoms with Gasteiger partial charge in [0, 0.05) is 12.1 Å². The van der Waals surface area contributed by atoms with Crippen LogP contribution in [0.25, 0.3) is 0 Å². The second-order valence-electron chi connectivity index (χ2n) is 9.53. The van der Waals surface area contributed by atoms with Crippen molar-refractivity contribution in [3.8, 4) is 0 Å². The summed E-state index contributed by atoms with van der Waals surface area (Å²) in [5.74, 6) is 2.77. The number of nitrogens with one attached hydrogen (secondary N) is 2. The molecular formula is C20H31N3O2. The fraction of sp³-hybridized carbons (Fsp3) is 0.900. The Kier molecular flexibility index (Phi) is 3.84. The van der Waals surface area contributed by atoms with Crippen molar-refractivity contribution in [3.05, 3.63) is 0 Å². The molecule has 4 bridgehead atoms. The summed E-state index contributed by atoms with van der Waals surface area (Å²) in [6, 6.07) is -0.296. The first-order valence-electron chi connectivity index (χ1n) is 10.5. The van der Waals surface area contributed by atoms with E-state index in [0.717, 1.165) is 56.5 Å². The van der Waals surface area contributed by atoms with Crippen molar-refractivity contribution in [3.63, 3.8) is 0 Å². The molecule has 0 aromatic rings. The van der Waals surface area contributed by atoms with Gasteiger partial charge in [-0.1, -0.05) is 0 Å². The van der Waals surface area contributed by atoms with Crippen LogP contribution < -0.4 is 10.6 Å². The summed E-state index contributed by atoms with van der Waals surface area (Å²) >= 11 is 0. The Morgan fingerprint density at radius 3 is 2.24 bits per heavy atom. The summed E-state index contributed by atoms with van der Waals surface area (Å²) in [5, 5.41) is 6.79. The predicted octanol–water partition coefficient (Wildman–Crippen LogP) is 1.81. The van der Waals surface area contributed by atoms with Gasteiger partial charge in [0.15, 0.2) is 0 Å². The number of carbonyl (C=O) groups excluding carboxylic acids is 2. The number of hydrogen-bond donors (Lipinski definition) is 2. The summed E-state index contributed by atoms with van der Waals surface area (Å²) in [6.45, 7) is 1.67. The van der Waals surface area contributed by atoms with Gasteiger partial charge in [-0.05, 0) is 88.5 Å². The van der Waals surface area contributed by atoms with Gasteiger partial charge in [0.1, 0.15) is 6.04 Å². The lowest BCUT2D eigenvalue weighted by atomic mass is 9.53. The Balaban J connectivity index is 1.28. The average molecular weight is 345 g/mol. The lowest BCUT2D eigenvalue weighted by molar-refractivity contribution is -0.142. The van der Waals surface area contributed by atoms with Gasteiger partial charge in [0.2, 0.25) is 11.8 Å². The summed E-state index contributed by atoms with van der Waals surface area (Å²) < 4.78 is 0. The molecule has 2 unspecified atom stereocenters. The first kappa shape index (κ1) is 16.1. The maximum absolute atomic E-state index is 13.1. The van der Waals surface area contributed by atoms with E-state index in [1.165, 1.54) is 38.5 Å². The van der Waals surface area contributed by atoms with E-state index < -0.39 is 0 Å². The van der Waals surface area contributed by atoms with Crippen molar-refractivity contribution >= 4 is 11.8 Å². The highest BCUT2D eigenvalue weighted by Crippen LogP contribution is 2.55. The second-order valence-corrected chi connectivity index (χ2v) is 9.53. The molecule has 0 radical (unpaired) electrons. The monoisotopic (exact) mass is 345 g/mol. The molecular weight excluding hydrogens is 314 g/mol.